The highest BCUT2D eigenvalue weighted by Gasteiger charge is 2.28. The standard InChI is InChI=1S/C23H29N3O7S2/c1-15(2)25-32-13-21(27)26-9-7-16(8-10-26)22-24-19(14-34-22)23-30-11-17-5-4-6-20(18(17)12-31-23)33-35(3,28)29/h4-6,14,16,23H,7-13H2,1-3H3. The quantitative estimate of drug-likeness (QED) is 0.308. The topological polar surface area (TPSA) is 117 Å². The molecule has 1 atom stereocenters. The van der Waals surface area contributed by atoms with Gasteiger partial charge in [-0.05, 0) is 38.3 Å². The molecule has 2 aliphatic heterocycles. The SMILES string of the molecule is CC(C)=NOCC(=O)N1CCC(c2nc(C3OCc4cccc(OS(C)(=O)=O)c4CO3)cs2)CC1. The van der Waals surface area contributed by atoms with Crippen LogP contribution in [0.5, 0.6) is 5.75 Å². The highest BCUT2D eigenvalue weighted by molar-refractivity contribution is 7.86. The number of amides is 1. The number of aromatic nitrogens is 1. The van der Waals surface area contributed by atoms with Crippen molar-refractivity contribution in [2.45, 2.75) is 52.1 Å². The third-order valence-electron chi connectivity index (χ3n) is 5.65. The van der Waals surface area contributed by atoms with E-state index in [1.165, 1.54) is 0 Å². The Morgan fingerprint density at radius 2 is 1.97 bits per heavy atom. The summed E-state index contributed by atoms with van der Waals surface area (Å²) in [7, 11) is -3.66. The Kier molecular flexibility index (Phi) is 8.05. The van der Waals surface area contributed by atoms with E-state index in [0.717, 1.165) is 35.4 Å². The Morgan fingerprint density at radius 1 is 1.23 bits per heavy atom. The van der Waals surface area contributed by atoms with Gasteiger partial charge in [0, 0.05) is 30.0 Å². The van der Waals surface area contributed by atoms with E-state index in [1.54, 1.807) is 28.4 Å². The van der Waals surface area contributed by atoms with Gasteiger partial charge in [-0.2, -0.15) is 8.42 Å². The molecule has 1 unspecified atom stereocenters. The van der Waals surface area contributed by atoms with E-state index in [2.05, 4.69) is 5.16 Å². The lowest BCUT2D eigenvalue weighted by molar-refractivity contribution is -0.155. The second-order valence-corrected chi connectivity index (χ2v) is 11.2. The molecule has 0 radical (unpaired) electrons. The predicted molar refractivity (Wildman–Crippen MR) is 130 cm³/mol. The minimum Gasteiger partial charge on any atom is -0.386 e. The summed E-state index contributed by atoms with van der Waals surface area (Å²) in [5, 5.41) is 6.73. The molecule has 2 aromatic rings. The van der Waals surface area contributed by atoms with Gasteiger partial charge in [-0.15, -0.1) is 11.3 Å². The van der Waals surface area contributed by atoms with Crippen molar-refractivity contribution in [3.63, 3.8) is 0 Å². The van der Waals surface area contributed by atoms with Crippen LogP contribution in [0.1, 0.15) is 60.7 Å². The summed E-state index contributed by atoms with van der Waals surface area (Å²) in [6.07, 6.45) is 1.98. The predicted octanol–water partition coefficient (Wildman–Crippen LogP) is 3.35. The molecular weight excluding hydrogens is 494 g/mol. The molecule has 0 saturated carbocycles. The van der Waals surface area contributed by atoms with Crippen LogP contribution in [0, 0.1) is 0 Å². The maximum atomic E-state index is 12.3. The number of piperidine rings is 1. The minimum atomic E-state index is -3.66. The molecule has 1 amide bonds. The van der Waals surface area contributed by atoms with Crippen molar-refractivity contribution in [2.24, 2.45) is 5.16 Å². The third-order valence-corrected chi connectivity index (χ3v) is 7.16. The number of likely N-dealkylation sites (tertiary alicyclic amines) is 1. The molecule has 1 aromatic carbocycles. The number of ether oxygens (including phenoxy) is 2. The van der Waals surface area contributed by atoms with Crippen LogP contribution in [0.2, 0.25) is 0 Å². The molecule has 10 nitrogen and oxygen atoms in total. The molecule has 35 heavy (non-hydrogen) atoms. The first-order valence-electron chi connectivity index (χ1n) is 11.3. The van der Waals surface area contributed by atoms with Gasteiger partial charge in [0.1, 0.15) is 11.4 Å². The number of rotatable bonds is 7. The molecule has 1 saturated heterocycles. The number of oxime groups is 1. The van der Waals surface area contributed by atoms with Crippen molar-refractivity contribution in [3.8, 4) is 5.75 Å². The smallest absolute Gasteiger partial charge is 0.306 e. The largest absolute Gasteiger partial charge is 0.386 e. The zero-order valence-electron chi connectivity index (χ0n) is 19.9. The summed E-state index contributed by atoms with van der Waals surface area (Å²) >= 11 is 1.56. The first-order valence-corrected chi connectivity index (χ1v) is 14.0. The van der Waals surface area contributed by atoms with E-state index in [-0.39, 0.29) is 37.4 Å². The van der Waals surface area contributed by atoms with Crippen LogP contribution >= 0.6 is 11.3 Å². The van der Waals surface area contributed by atoms with Crippen LogP contribution in [0.4, 0.5) is 0 Å². The monoisotopic (exact) mass is 523 g/mol. The van der Waals surface area contributed by atoms with E-state index < -0.39 is 16.4 Å². The Hall–Kier alpha value is -2.54. The highest BCUT2D eigenvalue weighted by Crippen LogP contribution is 2.36. The summed E-state index contributed by atoms with van der Waals surface area (Å²) in [4.78, 5) is 24.0. The zero-order chi connectivity index (χ0) is 25.0. The second kappa shape index (κ2) is 11.0. The van der Waals surface area contributed by atoms with Gasteiger partial charge in [0.2, 0.25) is 6.29 Å². The lowest BCUT2D eigenvalue weighted by Gasteiger charge is -2.30. The number of hydrogen-bond donors (Lipinski definition) is 0. The maximum Gasteiger partial charge on any atom is 0.306 e. The van der Waals surface area contributed by atoms with Crippen molar-refractivity contribution in [1.82, 2.24) is 9.88 Å². The molecule has 2 aliphatic rings. The first-order chi connectivity index (χ1) is 16.7. The fourth-order valence-corrected chi connectivity index (χ4v) is 5.45. The number of fused-ring (bicyclic) bond motifs is 1. The Balaban J connectivity index is 1.34. The summed E-state index contributed by atoms with van der Waals surface area (Å²) in [5.41, 5.74) is 2.91. The highest BCUT2D eigenvalue weighted by atomic mass is 32.2. The summed E-state index contributed by atoms with van der Waals surface area (Å²) in [6, 6.07) is 5.19. The molecule has 190 valence electrons. The van der Waals surface area contributed by atoms with Crippen LogP contribution < -0.4 is 4.18 Å². The fraction of sp³-hybridized carbons (Fsp3) is 0.522. The van der Waals surface area contributed by atoms with Gasteiger partial charge < -0.3 is 23.4 Å². The van der Waals surface area contributed by atoms with Crippen molar-refractivity contribution in [3.05, 3.63) is 45.4 Å². The number of hydrogen-bond acceptors (Lipinski definition) is 10. The number of thiazole rings is 1. The molecular formula is C23H29N3O7S2. The van der Waals surface area contributed by atoms with Gasteiger partial charge in [0.15, 0.2) is 6.61 Å². The van der Waals surface area contributed by atoms with Crippen LogP contribution in [0.25, 0.3) is 0 Å². The van der Waals surface area contributed by atoms with E-state index in [0.29, 0.717) is 24.3 Å². The van der Waals surface area contributed by atoms with E-state index >= 15 is 0 Å². The van der Waals surface area contributed by atoms with Crippen LogP contribution in [0.3, 0.4) is 0 Å². The Bertz CT molecular complexity index is 1180. The van der Waals surface area contributed by atoms with Gasteiger partial charge in [-0.1, -0.05) is 17.3 Å². The minimum absolute atomic E-state index is 0.0487. The van der Waals surface area contributed by atoms with Crippen LogP contribution in [-0.4, -0.2) is 55.9 Å². The van der Waals surface area contributed by atoms with Crippen molar-refractivity contribution < 1.29 is 31.7 Å². The Morgan fingerprint density at radius 3 is 2.69 bits per heavy atom. The van der Waals surface area contributed by atoms with E-state index in [9.17, 15) is 13.2 Å². The molecule has 4 rings (SSSR count). The molecule has 0 aliphatic carbocycles. The summed E-state index contributed by atoms with van der Waals surface area (Å²) < 4.78 is 40.2. The van der Waals surface area contributed by atoms with Gasteiger partial charge in [0.05, 0.1) is 30.2 Å². The zero-order valence-corrected chi connectivity index (χ0v) is 21.6. The third kappa shape index (κ3) is 6.78. The number of carbonyl (C=O) groups excluding carboxylic acids is 1. The van der Waals surface area contributed by atoms with E-state index in [1.807, 2.05) is 25.3 Å². The lowest BCUT2D eigenvalue weighted by atomic mass is 9.97. The fourth-order valence-electron chi connectivity index (χ4n) is 3.97. The average molecular weight is 524 g/mol. The number of benzene rings is 1. The maximum absolute atomic E-state index is 12.3. The summed E-state index contributed by atoms with van der Waals surface area (Å²) in [6.45, 7) is 5.25. The van der Waals surface area contributed by atoms with Gasteiger partial charge in [0.25, 0.3) is 5.91 Å². The molecule has 0 N–H and O–H groups in total. The molecule has 12 heteroatoms. The van der Waals surface area contributed by atoms with Gasteiger partial charge in [-0.3, -0.25) is 4.79 Å². The molecule has 0 spiro atoms. The molecule has 1 fully saturated rings. The average Bonchev–Trinajstić information content (AvgIpc) is 3.19. The van der Waals surface area contributed by atoms with E-state index in [4.69, 9.17) is 23.5 Å². The molecule has 3 heterocycles. The molecule has 1 aromatic heterocycles. The van der Waals surface area contributed by atoms with Crippen molar-refractivity contribution in [2.75, 3.05) is 26.0 Å². The second-order valence-electron chi connectivity index (χ2n) is 8.71. The van der Waals surface area contributed by atoms with Crippen LogP contribution in [-0.2, 0) is 42.4 Å². The van der Waals surface area contributed by atoms with Crippen molar-refractivity contribution >= 4 is 33.1 Å². The molecule has 0 bridgehead atoms. The van der Waals surface area contributed by atoms with Gasteiger partial charge >= 0.3 is 10.1 Å². The first kappa shape index (κ1) is 25.5. The van der Waals surface area contributed by atoms with Crippen LogP contribution in [0.15, 0.2) is 28.7 Å². The number of carbonyl (C=O) groups is 1. The Labute approximate surface area is 209 Å². The lowest BCUT2D eigenvalue weighted by Crippen LogP contribution is -2.39. The van der Waals surface area contributed by atoms with Gasteiger partial charge in [-0.25, -0.2) is 4.98 Å². The summed E-state index contributed by atoms with van der Waals surface area (Å²) in [5.74, 6) is 0.441. The normalized spacial score (nSPS) is 18.9. The van der Waals surface area contributed by atoms with Crippen molar-refractivity contribution in [1.29, 1.82) is 0 Å². The number of nitrogens with zero attached hydrogens (tertiary/aromatic N) is 3.